The van der Waals surface area contributed by atoms with E-state index in [4.69, 9.17) is 10.2 Å². The van der Waals surface area contributed by atoms with E-state index in [0.29, 0.717) is 13.1 Å². The molecule has 0 fully saturated rings. The molecule has 8 heteroatoms. The minimum atomic E-state index is 0.138. The van der Waals surface area contributed by atoms with Crippen LogP contribution in [0.1, 0.15) is 22.5 Å². The SMILES string of the molecule is OCCNc1ccc(/C=C/c2cccc[n+]2CSS)cc1.OCCNc1ccc(/C=C/c2ccccn2)cc1. The van der Waals surface area contributed by atoms with Gasteiger partial charge in [0.05, 0.1) is 18.9 Å². The Morgan fingerprint density at radius 1 is 0.718 bits per heavy atom. The Morgan fingerprint density at radius 2 is 1.31 bits per heavy atom. The second-order valence-electron chi connectivity index (χ2n) is 8.32. The summed E-state index contributed by atoms with van der Waals surface area (Å²) in [5, 5.41) is 23.7. The first-order valence-corrected chi connectivity index (χ1v) is 14.7. The van der Waals surface area contributed by atoms with Crippen molar-refractivity contribution in [1.82, 2.24) is 4.98 Å². The largest absolute Gasteiger partial charge is 0.395 e. The molecular formula is C31H35N4O2S2+. The Morgan fingerprint density at radius 3 is 1.85 bits per heavy atom. The predicted octanol–water partition coefficient (Wildman–Crippen LogP) is 5.74. The third-order valence-electron chi connectivity index (χ3n) is 5.46. The van der Waals surface area contributed by atoms with Crippen molar-refractivity contribution >= 4 is 58.1 Å². The molecular weight excluding hydrogens is 525 g/mol. The van der Waals surface area contributed by atoms with Gasteiger partial charge in [-0.3, -0.25) is 4.98 Å². The first kappa shape index (κ1) is 30.0. The van der Waals surface area contributed by atoms with Crippen molar-refractivity contribution in [1.29, 1.82) is 0 Å². The minimum absolute atomic E-state index is 0.138. The highest BCUT2D eigenvalue weighted by molar-refractivity contribution is 8.68. The summed E-state index contributed by atoms with van der Waals surface area (Å²) in [6.07, 6.45) is 12.0. The monoisotopic (exact) mass is 559 g/mol. The van der Waals surface area contributed by atoms with E-state index in [1.807, 2.05) is 85.1 Å². The van der Waals surface area contributed by atoms with Gasteiger partial charge in [-0.15, -0.1) is 11.7 Å². The van der Waals surface area contributed by atoms with Gasteiger partial charge in [0.25, 0.3) is 0 Å². The highest BCUT2D eigenvalue weighted by Gasteiger charge is 2.04. The Labute approximate surface area is 240 Å². The van der Waals surface area contributed by atoms with E-state index in [9.17, 15) is 0 Å². The van der Waals surface area contributed by atoms with Crippen LogP contribution in [0.3, 0.4) is 0 Å². The zero-order valence-corrected chi connectivity index (χ0v) is 23.4. The molecule has 0 saturated carbocycles. The number of aromatic nitrogens is 2. The molecule has 0 aliphatic rings. The van der Waals surface area contributed by atoms with Crippen LogP contribution in [-0.2, 0) is 5.88 Å². The molecule has 2 aromatic carbocycles. The number of anilines is 2. The molecule has 0 bridgehead atoms. The molecule has 0 radical (unpaired) electrons. The van der Waals surface area contributed by atoms with Crippen molar-refractivity contribution in [3.8, 4) is 0 Å². The fourth-order valence-corrected chi connectivity index (χ4v) is 4.22. The van der Waals surface area contributed by atoms with E-state index in [1.54, 1.807) is 6.20 Å². The topological polar surface area (TPSA) is 81.3 Å². The van der Waals surface area contributed by atoms with Gasteiger partial charge in [0.1, 0.15) is 0 Å². The highest BCUT2D eigenvalue weighted by atomic mass is 33.1. The summed E-state index contributed by atoms with van der Waals surface area (Å²) in [5.41, 5.74) is 6.37. The maximum absolute atomic E-state index is 8.78. The lowest BCUT2D eigenvalue weighted by molar-refractivity contribution is -0.677. The van der Waals surface area contributed by atoms with E-state index < -0.39 is 0 Å². The zero-order chi connectivity index (χ0) is 27.5. The van der Waals surface area contributed by atoms with Crippen LogP contribution in [0.5, 0.6) is 0 Å². The van der Waals surface area contributed by atoms with Gasteiger partial charge in [-0.2, -0.15) is 4.57 Å². The summed E-state index contributed by atoms with van der Waals surface area (Å²) in [6, 6.07) is 28.1. The first-order valence-electron chi connectivity index (χ1n) is 12.6. The quantitative estimate of drug-likeness (QED) is 0.0865. The number of rotatable bonds is 12. The third kappa shape index (κ3) is 11.4. The summed E-state index contributed by atoms with van der Waals surface area (Å²) in [7, 11) is 1.49. The zero-order valence-electron chi connectivity index (χ0n) is 21.7. The lowest BCUT2D eigenvalue weighted by atomic mass is 10.1. The smallest absolute Gasteiger partial charge is 0.205 e. The molecule has 0 unspecified atom stereocenters. The van der Waals surface area contributed by atoms with Crippen molar-refractivity contribution in [2.24, 2.45) is 0 Å². The molecule has 0 atom stereocenters. The number of hydrogen-bond acceptors (Lipinski definition) is 7. The molecule has 2 heterocycles. The normalized spacial score (nSPS) is 10.8. The second kappa shape index (κ2) is 17.9. The molecule has 0 saturated heterocycles. The van der Waals surface area contributed by atoms with E-state index in [1.165, 1.54) is 10.8 Å². The van der Waals surface area contributed by atoms with Gasteiger partial charge in [0.2, 0.25) is 11.6 Å². The van der Waals surface area contributed by atoms with Crippen molar-refractivity contribution in [3.63, 3.8) is 0 Å². The molecule has 0 spiro atoms. The van der Waals surface area contributed by atoms with E-state index in [-0.39, 0.29) is 13.2 Å². The van der Waals surface area contributed by atoms with Gasteiger partial charge in [-0.05, 0) is 76.5 Å². The van der Waals surface area contributed by atoms with Crippen molar-refractivity contribution in [2.75, 3.05) is 36.9 Å². The Kier molecular flexibility index (Phi) is 13.7. The Bertz CT molecular complexity index is 1280. The van der Waals surface area contributed by atoms with Gasteiger partial charge in [-0.25, -0.2) is 0 Å². The average molecular weight is 560 g/mol. The molecule has 202 valence electrons. The number of aliphatic hydroxyl groups is 2. The molecule has 39 heavy (non-hydrogen) atoms. The van der Waals surface area contributed by atoms with Crippen molar-refractivity contribution in [2.45, 2.75) is 5.88 Å². The second-order valence-corrected chi connectivity index (χ2v) is 9.61. The number of thiol groups is 1. The first-order chi connectivity index (χ1) is 19.2. The summed E-state index contributed by atoms with van der Waals surface area (Å²) < 4.78 is 2.14. The minimum Gasteiger partial charge on any atom is -0.395 e. The van der Waals surface area contributed by atoms with Gasteiger partial charge < -0.3 is 20.8 Å². The fourth-order valence-electron chi connectivity index (χ4n) is 3.48. The number of nitrogens with zero attached hydrogens (tertiary/aromatic N) is 2. The standard InChI is InChI=1S/C16H18N2OS2.C15H16N2O/c19-12-10-17-15-7-4-14(5-8-15)6-9-16-3-1-2-11-18(16)13-21-20;18-12-11-17-15-8-5-13(6-9-15)4-7-14-3-1-2-10-16-14/h1-9,11,19-20H,10,12-13H2;1-10,17-18H,11-12H2/p+1/b;7-4+. The van der Waals surface area contributed by atoms with E-state index >= 15 is 0 Å². The molecule has 0 aliphatic carbocycles. The number of aliphatic hydroxyl groups excluding tert-OH is 2. The molecule has 4 aromatic rings. The van der Waals surface area contributed by atoms with Crippen LogP contribution >= 0.6 is 22.5 Å². The third-order valence-corrected chi connectivity index (χ3v) is 6.20. The number of hydrogen-bond donors (Lipinski definition) is 5. The van der Waals surface area contributed by atoms with Crippen LogP contribution in [0.15, 0.2) is 97.3 Å². The van der Waals surface area contributed by atoms with Crippen LogP contribution < -0.4 is 15.2 Å². The summed E-state index contributed by atoms with van der Waals surface area (Å²) in [5.74, 6) is 0.813. The van der Waals surface area contributed by atoms with Gasteiger partial charge in [-0.1, -0.05) is 36.4 Å². The maximum Gasteiger partial charge on any atom is 0.205 e. The van der Waals surface area contributed by atoms with E-state index in [0.717, 1.165) is 39.8 Å². The Hall–Kier alpha value is -3.56. The molecule has 6 nitrogen and oxygen atoms in total. The molecule has 4 N–H and O–H groups in total. The summed E-state index contributed by atoms with van der Waals surface area (Å²) in [4.78, 5) is 4.22. The number of nitrogens with one attached hydrogen (secondary N) is 2. The fraction of sp³-hybridized carbons (Fsp3) is 0.161. The summed E-state index contributed by atoms with van der Waals surface area (Å²) in [6.45, 7) is 1.42. The average Bonchev–Trinajstić information content (AvgIpc) is 2.99. The highest BCUT2D eigenvalue weighted by Crippen LogP contribution is 2.13. The van der Waals surface area contributed by atoms with Crippen LogP contribution in [0.25, 0.3) is 24.3 Å². The van der Waals surface area contributed by atoms with Gasteiger partial charge >= 0.3 is 0 Å². The van der Waals surface area contributed by atoms with Crippen molar-refractivity contribution < 1.29 is 14.8 Å². The van der Waals surface area contributed by atoms with Crippen LogP contribution in [0, 0.1) is 0 Å². The predicted molar refractivity (Wildman–Crippen MR) is 169 cm³/mol. The summed E-state index contributed by atoms with van der Waals surface area (Å²) >= 11 is 4.20. The number of pyridine rings is 2. The van der Waals surface area contributed by atoms with Crippen LogP contribution in [0.2, 0.25) is 0 Å². The van der Waals surface area contributed by atoms with Crippen LogP contribution in [0.4, 0.5) is 11.4 Å². The maximum atomic E-state index is 8.78. The van der Waals surface area contributed by atoms with Crippen LogP contribution in [-0.4, -0.2) is 41.5 Å². The van der Waals surface area contributed by atoms with Crippen molar-refractivity contribution in [3.05, 3.63) is 120 Å². The molecule has 4 rings (SSSR count). The lowest BCUT2D eigenvalue weighted by Crippen LogP contribution is -2.34. The number of benzene rings is 2. The van der Waals surface area contributed by atoms with Gasteiger partial charge in [0.15, 0.2) is 6.20 Å². The lowest BCUT2D eigenvalue weighted by Gasteiger charge is -2.04. The molecule has 0 amide bonds. The molecule has 0 aliphatic heterocycles. The Balaban J connectivity index is 0.000000218. The van der Waals surface area contributed by atoms with Gasteiger partial charge in [0, 0.05) is 48.9 Å². The molecule has 2 aromatic heterocycles. The van der Waals surface area contributed by atoms with E-state index in [2.05, 4.69) is 62.2 Å².